The van der Waals surface area contributed by atoms with Gasteiger partial charge >= 0.3 is 5.92 Å². The van der Waals surface area contributed by atoms with Crippen LogP contribution >= 0.6 is 0 Å². The molecule has 14 nitrogen and oxygen atoms in total. The molecule has 1 aromatic heterocycles. The van der Waals surface area contributed by atoms with Gasteiger partial charge in [-0.25, -0.2) is 4.98 Å². The lowest BCUT2D eigenvalue weighted by Gasteiger charge is -2.52. The van der Waals surface area contributed by atoms with E-state index in [0.717, 1.165) is 81.7 Å². The van der Waals surface area contributed by atoms with Crippen molar-refractivity contribution in [3.63, 3.8) is 0 Å². The minimum atomic E-state index is -3.59. The van der Waals surface area contributed by atoms with Crippen molar-refractivity contribution in [2.45, 2.75) is 89.1 Å². The van der Waals surface area contributed by atoms with Crippen LogP contribution in [0.4, 0.5) is 37.6 Å². The number of carbonyl (C=O) groups excluding carboxylic acids is 4. The SMILES string of the molecule is COc1cc(C(=O)NC2CC3(CCN(CC4CCN(c5ccc(C6CCC(=O)NC6=O)cc5)CC4)CC3)C2)ccc1Nc1ncc2c(n1)N(C(C)C)CC(F)(F)C(=O)N2C. The Morgan fingerprint density at radius 3 is 2.38 bits per heavy atom. The summed E-state index contributed by atoms with van der Waals surface area (Å²) in [5, 5.41) is 8.78. The van der Waals surface area contributed by atoms with Gasteiger partial charge in [0.05, 0.1) is 31.5 Å². The van der Waals surface area contributed by atoms with Gasteiger partial charge in [0.25, 0.3) is 11.8 Å². The average molecular weight is 828 g/mol. The molecule has 3 N–H and O–H groups in total. The number of hydrogen-bond donors (Lipinski definition) is 3. The number of halogens is 2. The van der Waals surface area contributed by atoms with E-state index in [-0.39, 0.29) is 58.6 Å². The van der Waals surface area contributed by atoms with Gasteiger partial charge in [-0.05, 0) is 119 Å². The number of nitrogens with zero attached hydrogens (tertiary/aromatic N) is 6. The second kappa shape index (κ2) is 16.6. The Hall–Kier alpha value is -5.38. The number of amides is 4. The first-order valence-corrected chi connectivity index (χ1v) is 21.2. The highest BCUT2D eigenvalue weighted by atomic mass is 19.3. The second-order valence-corrected chi connectivity index (χ2v) is 17.6. The molecule has 4 amide bonds. The van der Waals surface area contributed by atoms with Crippen molar-refractivity contribution in [3.05, 3.63) is 59.8 Å². The molecule has 4 aliphatic heterocycles. The summed E-state index contributed by atoms with van der Waals surface area (Å²) in [6.07, 6.45) is 8.82. The molecule has 60 heavy (non-hydrogen) atoms. The summed E-state index contributed by atoms with van der Waals surface area (Å²) in [5.74, 6) is -4.32. The molecular formula is C44H55F2N9O5. The standard InChI is InChI=1S/C44H55F2N9O5/c1-27(2)55-26-44(45,46)41(59)52(3)35-24-47-42(51-38(35)55)49-34-11-7-30(21-36(34)60-4)39(57)48-31-22-43(23-31)15-19-53(20-16-43)25-28-13-17-54(18-14-28)32-8-5-29(6-9-32)33-10-12-37(56)50-40(33)58/h5-9,11,21,24,27-28,31,33H,10,12-20,22-23,25-26H2,1-4H3,(H,48,57)(H,47,49,51)(H,50,56,58). The monoisotopic (exact) mass is 827 g/mol. The number of carbonyl (C=O) groups is 4. The molecule has 0 radical (unpaired) electrons. The molecule has 3 saturated heterocycles. The first kappa shape index (κ1) is 41.4. The van der Waals surface area contributed by atoms with Gasteiger partial charge in [0.15, 0.2) is 5.82 Å². The lowest BCUT2D eigenvalue weighted by molar-refractivity contribution is -0.140. The molecule has 5 heterocycles. The quantitative estimate of drug-likeness (QED) is 0.224. The molecule has 1 spiro atoms. The number of aromatic nitrogens is 2. The van der Waals surface area contributed by atoms with Gasteiger partial charge in [0, 0.05) is 56.4 Å². The number of alkyl halides is 2. The van der Waals surface area contributed by atoms with Crippen molar-refractivity contribution in [1.82, 2.24) is 25.5 Å². The summed E-state index contributed by atoms with van der Waals surface area (Å²) in [6, 6.07) is 13.1. The molecule has 1 aliphatic carbocycles. The van der Waals surface area contributed by atoms with Crippen LogP contribution in [-0.4, -0.2) is 110 Å². The Kier molecular flexibility index (Phi) is 11.4. The third kappa shape index (κ3) is 8.48. The van der Waals surface area contributed by atoms with E-state index < -0.39 is 18.4 Å². The molecule has 3 aromatic rings. The Labute approximate surface area is 349 Å². The normalized spacial score (nSPS) is 22.3. The number of hydrogen-bond acceptors (Lipinski definition) is 11. The van der Waals surface area contributed by atoms with E-state index in [9.17, 15) is 28.0 Å². The van der Waals surface area contributed by atoms with Gasteiger partial charge < -0.3 is 35.0 Å². The maximum absolute atomic E-state index is 14.8. The van der Waals surface area contributed by atoms with Crippen molar-refractivity contribution in [2.75, 3.05) is 73.4 Å². The zero-order valence-corrected chi connectivity index (χ0v) is 34.8. The van der Waals surface area contributed by atoms with E-state index in [1.54, 1.807) is 32.0 Å². The highest BCUT2D eigenvalue weighted by Crippen LogP contribution is 2.49. The smallest absolute Gasteiger partial charge is 0.342 e. The highest BCUT2D eigenvalue weighted by molar-refractivity contribution is 6.02. The van der Waals surface area contributed by atoms with Crippen molar-refractivity contribution in [1.29, 1.82) is 0 Å². The Bertz CT molecular complexity index is 2110. The lowest BCUT2D eigenvalue weighted by Crippen LogP contribution is -2.55. The topological polar surface area (TPSA) is 152 Å². The van der Waals surface area contributed by atoms with Crippen LogP contribution in [0.25, 0.3) is 0 Å². The van der Waals surface area contributed by atoms with E-state index in [0.29, 0.717) is 35.8 Å². The van der Waals surface area contributed by atoms with E-state index >= 15 is 0 Å². The lowest BCUT2D eigenvalue weighted by atomic mass is 9.60. The van der Waals surface area contributed by atoms with Crippen molar-refractivity contribution >= 4 is 52.5 Å². The predicted molar refractivity (Wildman–Crippen MR) is 224 cm³/mol. The van der Waals surface area contributed by atoms with Crippen molar-refractivity contribution in [2.24, 2.45) is 11.3 Å². The van der Waals surface area contributed by atoms with Crippen LogP contribution in [0.5, 0.6) is 5.75 Å². The first-order valence-electron chi connectivity index (χ1n) is 21.2. The summed E-state index contributed by atoms with van der Waals surface area (Å²) in [5.41, 5.74) is 3.56. The van der Waals surface area contributed by atoms with Gasteiger partial charge in [0.1, 0.15) is 11.4 Å². The predicted octanol–water partition coefficient (Wildman–Crippen LogP) is 5.47. The number of imide groups is 1. The fourth-order valence-electron chi connectivity index (χ4n) is 9.71. The average Bonchev–Trinajstić information content (AvgIpc) is 3.29. The van der Waals surface area contributed by atoms with Crippen LogP contribution in [0.2, 0.25) is 0 Å². The molecular weight excluding hydrogens is 773 g/mol. The van der Waals surface area contributed by atoms with Gasteiger partial charge in [0.2, 0.25) is 17.8 Å². The minimum Gasteiger partial charge on any atom is -0.495 e. The number of ether oxygens (including phenoxy) is 1. The van der Waals surface area contributed by atoms with Crippen LogP contribution in [0.1, 0.15) is 87.1 Å². The van der Waals surface area contributed by atoms with Crippen LogP contribution in [0.15, 0.2) is 48.7 Å². The Balaban J connectivity index is 0.788. The summed E-state index contributed by atoms with van der Waals surface area (Å²) in [4.78, 5) is 65.9. The molecule has 0 bridgehead atoms. The van der Waals surface area contributed by atoms with Gasteiger partial charge in [-0.1, -0.05) is 12.1 Å². The number of benzene rings is 2. The molecule has 1 atom stereocenters. The van der Waals surface area contributed by atoms with E-state index in [2.05, 4.69) is 47.9 Å². The van der Waals surface area contributed by atoms with Gasteiger partial charge in [-0.15, -0.1) is 0 Å². The molecule has 8 rings (SSSR count). The van der Waals surface area contributed by atoms with Crippen LogP contribution in [0.3, 0.4) is 0 Å². The number of nitrogens with one attached hydrogen (secondary N) is 3. The summed E-state index contributed by atoms with van der Waals surface area (Å²) in [6.45, 7) is 8.03. The molecule has 2 aromatic carbocycles. The zero-order chi connectivity index (χ0) is 42.3. The van der Waals surface area contributed by atoms with Gasteiger partial charge in [-0.3, -0.25) is 24.5 Å². The molecule has 16 heteroatoms. The maximum Gasteiger partial charge on any atom is 0.342 e. The summed E-state index contributed by atoms with van der Waals surface area (Å²) in [7, 11) is 2.79. The number of fused-ring (bicyclic) bond motifs is 1. The second-order valence-electron chi connectivity index (χ2n) is 17.6. The number of anilines is 5. The number of likely N-dealkylation sites (tertiary alicyclic amines) is 1. The third-order valence-corrected chi connectivity index (χ3v) is 13.3. The maximum atomic E-state index is 14.8. The largest absolute Gasteiger partial charge is 0.495 e. The Morgan fingerprint density at radius 1 is 1.00 bits per heavy atom. The first-order chi connectivity index (χ1) is 28.7. The van der Waals surface area contributed by atoms with Gasteiger partial charge in [-0.2, -0.15) is 13.8 Å². The van der Waals surface area contributed by atoms with E-state index in [1.165, 1.54) is 30.9 Å². The summed E-state index contributed by atoms with van der Waals surface area (Å²) < 4.78 is 35.1. The molecule has 1 unspecified atom stereocenters. The van der Waals surface area contributed by atoms with E-state index in [4.69, 9.17) is 4.74 Å². The number of methoxy groups -OCH3 is 1. The van der Waals surface area contributed by atoms with E-state index in [1.807, 2.05) is 12.1 Å². The number of rotatable bonds is 10. The minimum absolute atomic E-state index is 0.115. The van der Waals surface area contributed by atoms with Crippen LogP contribution in [-0.2, 0) is 14.4 Å². The highest BCUT2D eigenvalue weighted by Gasteiger charge is 2.48. The van der Waals surface area contributed by atoms with Crippen molar-refractivity contribution in [3.8, 4) is 5.75 Å². The zero-order valence-electron chi connectivity index (χ0n) is 34.8. The Morgan fingerprint density at radius 2 is 1.72 bits per heavy atom. The number of piperidine rings is 3. The molecule has 320 valence electrons. The van der Waals surface area contributed by atoms with Crippen molar-refractivity contribution < 1.29 is 32.7 Å². The van der Waals surface area contributed by atoms with Crippen LogP contribution in [0, 0.1) is 11.3 Å². The third-order valence-electron chi connectivity index (χ3n) is 13.3. The summed E-state index contributed by atoms with van der Waals surface area (Å²) >= 11 is 0. The fourth-order valence-corrected chi connectivity index (χ4v) is 9.71. The molecule has 1 saturated carbocycles. The molecule has 5 aliphatic rings. The molecule has 4 fully saturated rings. The van der Waals surface area contributed by atoms with Crippen LogP contribution < -0.4 is 35.4 Å². The fraction of sp³-hybridized carbons (Fsp3) is 0.545.